The Kier molecular flexibility index (Phi) is 3.88. The molecule has 0 aliphatic carbocycles. The standard InChI is InChI=1S/C11H19N3O/c1-7(2)8(3)11(15)14-9(4)10-5-12-13-6-10/h5-9H,1-4H3,(H,12,13)(H,14,15). The summed E-state index contributed by atoms with van der Waals surface area (Å²) >= 11 is 0. The molecule has 1 aromatic heterocycles. The first-order chi connectivity index (χ1) is 7.02. The number of aromatic amines is 1. The molecule has 0 aliphatic rings. The summed E-state index contributed by atoms with van der Waals surface area (Å²) in [5.74, 6) is 0.500. The number of H-pyrrole nitrogens is 1. The van der Waals surface area contributed by atoms with Gasteiger partial charge in [0.05, 0.1) is 12.2 Å². The molecule has 1 heterocycles. The van der Waals surface area contributed by atoms with Gasteiger partial charge in [-0.15, -0.1) is 0 Å². The number of nitrogens with zero attached hydrogens (tertiary/aromatic N) is 1. The maximum Gasteiger partial charge on any atom is 0.223 e. The third-order valence-corrected chi connectivity index (χ3v) is 2.79. The molecule has 4 heteroatoms. The summed E-state index contributed by atoms with van der Waals surface area (Å²) in [6, 6.07) is 0.0115. The Labute approximate surface area is 90.5 Å². The topological polar surface area (TPSA) is 57.8 Å². The van der Waals surface area contributed by atoms with Crippen molar-refractivity contribution >= 4 is 5.91 Å². The van der Waals surface area contributed by atoms with Crippen LogP contribution >= 0.6 is 0 Å². The van der Waals surface area contributed by atoms with E-state index in [1.54, 1.807) is 12.4 Å². The average molecular weight is 209 g/mol. The highest BCUT2D eigenvalue weighted by molar-refractivity contribution is 5.78. The number of rotatable bonds is 4. The highest BCUT2D eigenvalue weighted by Gasteiger charge is 2.18. The summed E-state index contributed by atoms with van der Waals surface area (Å²) < 4.78 is 0. The van der Waals surface area contributed by atoms with Crippen LogP contribution in [-0.2, 0) is 4.79 Å². The molecule has 1 rings (SSSR count). The second kappa shape index (κ2) is 4.96. The first kappa shape index (κ1) is 11.8. The van der Waals surface area contributed by atoms with Gasteiger partial charge in [0.1, 0.15) is 0 Å². The van der Waals surface area contributed by atoms with E-state index in [2.05, 4.69) is 15.5 Å². The van der Waals surface area contributed by atoms with E-state index in [-0.39, 0.29) is 17.9 Å². The van der Waals surface area contributed by atoms with Crippen molar-refractivity contribution in [2.45, 2.75) is 33.7 Å². The Morgan fingerprint density at radius 1 is 1.40 bits per heavy atom. The largest absolute Gasteiger partial charge is 0.349 e. The first-order valence-electron chi connectivity index (χ1n) is 5.31. The molecular weight excluding hydrogens is 190 g/mol. The average Bonchev–Trinajstić information content (AvgIpc) is 2.68. The third-order valence-electron chi connectivity index (χ3n) is 2.79. The molecule has 2 N–H and O–H groups in total. The van der Waals surface area contributed by atoms with Gasteiger partial charge in [0.15, 0.2) is 0 Å². The molecule has 0 saturated carbocycles. The molecule has 0 aliphatic heterocycles. The Balaban J connectivity index is 2.52. The summed E-state index contributed by atoms with van der Waals surface area (Å²) in [6.07, 6.45) is 3.52. The summed E-state index contributed by atoms with van der Waals surface area (Å²) in [5.41, 5.74) is 0.999. The van der Waals surface area contributed by atoms with Gasteiger partial charge in [0.2, 0.25) is 5.91 Å². The van der Waals surface area contributed by atoms with E-state index in [1.807, 2.05) is 27.7 Å². The molecule has 0 bridgehead atoms. The lowest BCUT2D eigenvalue weighted by Crippen LogP contribution is -2.33. The summed E-state index contributed by atoms with van der Waals surface area (Å²) in [6.45, 7) is 8.00. The number of aromatic nitrogens is 2. The minimum Gasteiger partial charge on any atom is -0.349 e. The molecule has 2 unspecified atom stereocenters. The molecule has 1 amide bonds. The van der Waals surface area contributed by atoms with Crippen molar-refractivity contribution in [2.24, 2.45) is 11.8 Å². The zero-order chi connectivity index (χ0) is 11.4. The van der Waals surface area contributed by atoms with Crippen molar-refractivity contribution in [2.75, 3.05) is 0 Å². The van der Waals surface area contributed by atoms with Crippen molar-refractivity contribution in [3.8, 4) is 0 Å². The van der Waals surface area contributed by atoms with Gasteiger partial charge in [-0.3, -0.25) is 9.89 Å². The predicted molar refractivity (Wildman–Crippen MR) is 59.1 cm³/mol. The van der Waals surface area contributed by atoms with Crippen molar-refractivity contribution in [3.63, 3.8) is 0 Å². The predicted octanol–water partition coefficient (Wildman–Crippen LogP) is 1.88. The van der Waals surface area contributed by atoms with Crippen LogP contribution in [0.25, 0.3) is 0 Å². The van der Waals surface area contributed by atoms with E-state index in [4.69, 9.17) is 0 Å². The van der Waals surface area contributed by atoms with E-state index in [0.29, 0.717) is 5.92 Å². The molecule has 4 nitrogen and oxygen atoms in total. The van der Waals surface area contributed by atoms with Crippen LogP contribution in [0.3, 0.4) is 0 Å². The maximum absolute atomic E-state index is 11.7. The summed E-state index contributed by atoms with van der Waals surface area (Å²) in [4.78, 5) is 11.7. The van der Waals surface area contributed by atoms with E-state index in [0.717, 1.165) is 5.56 Å². The minimum absolute atomic E-state index is 0.0115. The van der Waals surface area contributed by atoms with Crippen LogP contribution in [0.15, 0.2) is 12.4 Å². The highest BCUT2D eigenvalue weighted by Crippen LogP contribution is 2.14. The fourth-order valence-corrected chi connectivity index (χ4v) is 1.23. The summed E-state index contributed by atoms with van der Waals surface area (Å²) in [7, 11) is 0. The zero-order valence-corrected chi connectivity index (χ0v) is 9.74. The van der Waals surface area contributed by atoms with E-state index in [1.165, 1.54) is 0 Å². The molecule has 0 fully saturated rings. The van der Waals surface area contributed by atoms with Crippen molar-refractivity contribution in [1.29, 1.82) is 0 Å². The van der Waals surface area contributed by atoms with Crippen molar-refractivity contribution in [1.82, 2.24) is 15.5 Å². The Bertz CT molecular complexity index is 306. The van der Waals surface area contributed by atoms with Gasteiger partial charge >= 0.3 is 0 Å². The minimum atomic E-state index is 0.0115. The van der Waals surface area contributed by atoms with Gasteiger partial charge in [-0.1, -0.05) is 20.8 Å². The smallest absolute Gasteiger partial charge is 0.223 e. The molecule has 1 aromatic rings. The highest BCUT2D eigenvalue weighted by atomic mass is 16.1. The number of hydrogen-bond donors (Lipinski definition) is 2. The fourth-order valence-electron chi connectivity index (χ4n) is 1.23. The SMILES string of the molecule is CC(NC(=O)C(C)C(C)C)c1cn[nH]c1. The van der Waals surface area contributed by atoms with E-state index >= 15 is 0 Å². The maximum atomic E-state index is 11.7. The second-order valence-electron chi connectivity index (χ2n) is 4.29. The fraction of sp³-hybridized carbons (Fsp3) is 0.636. The Hall–Kier alpha value is -1.32. The van der Waals surface area contributed by atoms with Crippen LogP contribution in [0.5, 0.6) is 0 Å². The number of carbonyl (C=O) groups is 1. The molecule has 2 atom stereocenters. The van der Waals surface area contributed by atoms with Crippen LogP contribution in [0, 0.1) is 11.8 Å². The monoisotopic (exact) mass is 209 g/mol. The first-order valence-corrected chi connectivity index (χ1v) is 5.31. The van der Waals surface area contributed by atoms with Crippen LogP contribution in [0.4, 0.5) is 0 Å². The molecule has 84 valence electrons. The van der Waals surface area contributed by atoms with E-state index in [9.17, 15) is 4.79 Å². The van der Waals surface area contributed by atoms with Gasteiger partial charge in [-0.2, -0.15) is 5.10 Å². The van der Waals surface area contributed by atoms with Crippen molar-refractivity contribution in [3.05, 3.63) is 18.0 Å². The number of nitrogens with one attached hydrogen (secondary N) is 2. The van der Waals surface area contributed by atoms with Gasteiger partial charge < -0.3 is 5.32 Å². The van der Waals surface area contributed by atoms with Gasteiger partial charge in [0.25, 0.3) is 0 Å². The van der Waals surface area contributed by atoms with Crippen molar-refractivity contribution < 1.29 is 4.79 Å². The molecule has 0 aromatic carbocycles. The van der Waals surface area contributed by atoms with Gasteiger partial charge in [-0.05, 0) is 12.8 Å². The summed E-state index contributed by atoms with van der Waals surface area (Å²) in [5, 5.41) is 9.55. The molecule has 0 saturated heterocycles. The number of amides is 1. The van der Waals surface area contributed by atoms with Gasteiger partial charge in [-0.25, -0.2) is 0 Å². The van der Waals surface area contributed by atoms with Crippen LogP contribution in [0.2, 0.25) is 0 Å². The Morgan fingerprint density at radius 3 is 2.53 bits per heavy atom. The molecular formula is C11H19N3O. The van der Waals surface area contributed by atoms with Crippen LogP contribution in [0.1, 0.15) is 39.3 Å². The molecule has 0 spiro atoms. The molecule has 15 heavy (non-hydrogen) atoms. The normalized spacial score (nSPS) is 15.0. The van der Waals surface area contributed by atoms with E-state index < -0.39 is 0 Å². The third kappa shape index (κ3) is 3.08. The Morgan fingerprint density at radius 2 is 2.07 bits per heavy atom. The molecule has 0 radical (unpaired) electrons. The van der Waals surface area contributed by atoms with Crippen LogP contribution < -0.4 is 5.32 Å². The second-order valence-corrected chi connectivity index (χ2v) is 4.29. The number of hydrogen-bond acceptors (Lipinski definition) is 2. The van der Waals surface area contributed by atoms with Crippen LogP contribution in [-0.4, -0.2) is 16.1 Å². The zero-order valence-electron chi connectivity index (χ0n) is 9.74. The van der Waals surface area contributed by atoms with Gasteiger partial charge in [0, 0.05) is 17.7 Å². The lowest BCUT2D eigenvalue weighted by atomic mass is 9.97. The lowest BCUT2D eigenvalue weighted by Gasteiger charge is -2.18. The quantitative estimate of drug-likeness (QED) is 0.795. The number of carbonyl (C=O) groups excluding carboxylic acids is 1. The lowest BCUT2D eigenvalue weighted by molar-refractivity contribution is -0.126.